The molecule has 0 bridgehead atoms. The Bertz CT molecular complexity index is 311. The van der Waals surface area contributed by atoms with Gasteiger partial charge in [0.25, 0.3) is 0 Å². The predicted molar refractivity (Wildman–Crippen MR) is 69.6 cm³/mol. The summed E-state index contributed by atoms with van der Waals surface area (Å²) in [5.41, 5.74) is 1.60. The summed E-state index contributed by atoms with van der Waals surface area (Å²) in [4.78, 5) is 6.64. The molecular formula is C13H23N3. The van der Waals surface area contributed by atoms with Gasteiger partial charge in [0.15, 0.2) is 0 Å². The third-order valence-corrected chi connectivity index (χ3v) is 2.28. The molecule has 0 saturated carbocycles. The molecule has 0 amide bonds. The molecule has 0 fully saturated rings. The lowest BCUT2D eigenvalue weighted by Gasteiger charge is -2.26. The highest BCUT2D eigenvalue weighted by molar-refractivity contribution is 5.34. The molecule has 1 rings (SSSR count). The molecule has 0 aliphatic carbocycles. The van der Waals surface area contributed by atoms with Crippen LogP contribution in [0, 0.1) is 5.41 Å². The van der Waals surface area contributed by atoms with Gasteiger partial charge in [-0.3, -0.25) is 0 Å². The van der Waals surface area contributed by atoms with Gasteiger partial charge in [-0.2, -0.15) is 0 Å². The van der Waals surface area contributed by atoms with E-state index in [1.807, 2.05) is 19.3 Å². The topological polar surface area (TPSA) is 28.2 Å². The van der Waals surface area contributed by atoms with E-state index in [1.165, 1.54) is 5.56 Å². The number of aromatic nitrogens is 1. The molecule has 1 heterocycles. The second-order valence-electron chi connectivity index (χ2n) is 5.53. The molecule has 0 aromatic carbocycles. The van der Waals surface area contributed by atoms with Crippen molar-refractivity contribution >= 4 is 5.82 Å². The monoisotopic (exact) mass is 221 g/mol. The number of nitrogens with zero attached hydrogens (tertiary/aromatic N) is 2. The fourth-order valence-corrected chi connectivity index (χ4v) is 1.84. The molecule has 1 aromatic heterocycles. The maximum atomic E-state index is 4.31. The molecular weight excluding hydrogens is 198 g/mol. The van der Waals surface area contributed by atoms with Gasteiger partial charge < -0.3 is 10.2 Å². The van der Waals surface area contributed by atoms with Crippen molar-refractivity contribution in [3.63, 3.8) is 0 Å². The summed E-state index contributed by atoms with van der Waals surface area (Å²) < 4.78 is 0. The Labute approximate surface area is 98.9 Å². The van der Waals surface area contributed by atoms with Crippen LogP contribution >= 0.6 is 0 Å². The number of nitrogens with one attached hydrogen (secondary N) is 1. The number of hydrogen-bond acceptors (Lipinski definition) is 3. The Morgan fingerprint density at radius 2 is 2.00 bits per heavy atom. The van der Waals surface area contributed by atoms with Crippen molar-refractivity contribution in [1.29, 1.82) is 0 Å². The molecule has 1 aromatic rings. The van der Waals surface area contributed by atoms with E-state index < -0.39 is 0 Å². The first kappa shape index (κ1) is 13.0. The molecule has 0 saturated heterocycles. The van der Waals surface area contributed by atoms with Crippen LogP contribution in [0.5, 0.6) is 0 Å². The molecule has 0 unspecified atom stereocenters. The van der Waals surface area contributed by atoms with Crippen LogP contribution in [0.4, 0.5) is 5.82 Å². The first-order chi connectivity index (χ1) is 7.40. The molecule has 0 spiro atoms. The molecule has 16 heavy (non-hydrogen) atoms. The zero-order chi connectivity index (χ0) is 12.2. The smallest absolute Gasteiger partial charge is 0.125 e. The minimum Gasteiger partial charge on any atom is -0.373 e. The molecule has 3 nitrogen and oxygen atoms in total. The third-order valence-electron chi connectivity index (χ3n) is 2.28. The van der Waals surface area contributed by atoms with Crippen molar-refractivity contribution in [3.05, 3.63) is 23.9 Å². The Balaban J connectivity index is 2.53. The van der Waals surface area contributed by atoms with Crippen LogP contribution < -0.4 is 5.32 Å². The molecule has 0 radical (unpaired) electrons. The van der Waals surface area contributed by atoms with Crippen molar-refractivity contribution < 1.29 is 0 Å². The van der Waals surface area contributed by atoms with Gasteiger partial charge in [-0.15, -0.1) is 0 Å². The Morgan fingerprint density at radius 1 is 1.31 bits per heavy atom. The van der Waals surface area contributed by atoms with Gasteiger partial charge >= 0.3 is 0 Å². The van der Waals surface area contributed by atoms with Crippen LogP contribution in [0.25, 0.3) is 0 Å². The SMILES string of the molecule is CNc1ccc(CN(C)CC(C)(C)C)cn1. The van der Waals surface area contributed by atoms with Gasteiger partial charge in [0.2, 0.25) is 0 Å². The van der Waals surface area contributed by atoms with Crippen molar-refractivity contribution in [2.75, 3.05) is 26.0 Å². The number of hydrogen-bond donors (Lipinski definition) is 1. The van der Waals surface area contributed by atoms with E-state index in [9.17, 15) is 0 Å². The Hall–Kier alpha value is -1.09. The second-order valence-corrected chi connectivity index (χ2v) is 5.53. The van der Waals surface area contributed by atoms with Gasteiger partial charge in [0, 0.05) is 26.3 Å². The average molecular weight is 221 g/mol. The number of anilines is 1. The average Bonchev–Trinajstić information content (AvgIpc) is 2.16. The first-order valence-electron chi connectivity index (χ1n) is 5.72. The highest BCUT2D eigenvalue weighted by Crippen LogP contribution is 2.15. The van der Waals surface area contributed by atoms with Crippen molar-refractivity contribution in [3.8, 4) is 0 Å². The Kier molecular flexibility index (Phi) is 4.30. The van der Waals surface area contributed by atoms with Crippen LogP contribution in [0.2, 0.25) is 0 Å². The minimum absolute atomic E-state index is 0.340. The van der Waals surface area contributed by atoms with E-state index in [1.54, 1.807) is 0 Å². The predicted octanol–water partition coefficient (Wildman–Crippen LogP) is 2.60. The summed E-state index contributed by atoms with van der Waals surface area (Å²) in [6.07, 6.45) is 1.94. The van der Waals surface area contributed by atoms with Crippen LogP contribution in [0.15, 0.2) is 18.3 Å². The maximum absolute atomic E-state index is 4.31. The van der Waals surface area contributed by atoms with E-state index in [0.29, 0.717) is 5.41 Å². The normalized spacial score (nSPS) is 11.9. The van der Waals surface area contributed by atoms with E-state index >= 15 is 0 Å². The highest BCUT2D eigenvalue weighted by Gasteiger charge is 2.13. The minimum atomic E-state index is 0.340. The summed E-state index contributed by atoms with van der Waals surface area (Å²) in [6, 6.07) is 4.14. The quantitative estimate of drug-likeness (QED) is 0.847. The van der Waals surface area contributed by atoms with Crippen LogP contribution in [0.1, 0.15) is 26.3 Å². The molecule has 0 aliphatic rings. The zero-order valence-electron chi connectivity index (χ0n) is 11.0. The fraction of sp³-hybridized carbons (Fsp3) is 0.615. The van der Waals surface area contributed by atoms with Crippen molar-refractivity contribution in [2.24, 2.45) is 5.41 Å². The van der Waals surface area contributed by atoms with Gasteiger partial charge in [0.05, 0.1) is 0 Å². The lowest BCUT2D eigenvalue weighted by Crippen LogP contribution is -2.28. The molecule has 0 atom stereocenters. The first-order valence-corrected chi connectivity index (χ1v) is 5.72. The summed E-state index contributed by atoms with van der Waals surface area (Å²) in [6.45, 7) is 8.80. The van der Waals surface area contributed by atoms with Gasteiger partial charge in [-0.25, -0.2) is 4.98 Å². The summed E-state index contributed by atoms with van der Waals surface area (Å²) >= 11 is 0. The van der Waals surface area contributed by atoms with E-state index in [2.05, 4.69) is 49.1 Å². The van der Waals surface area contributed by atoms with E-state index in [-0.39, 0.29) is 0 Å². The van der Waals surface area contributed by atoms with Gasteiger partial charge in [-0.05, 0) is 24.1 Å². The fourth-order valence-electron chi connectivity index (χ4n) is 1.84. The second kappa shape index (κ2) is 5.30. The standard InChI is InChI=1S/C13H23N3/c1-13(2,3)10-16(5)9-11-6-7-12(14-4)15-8-11/h6-8H,9-10H2,1-5H3,(H,14,15). The molecule has 1 N–H and O–H groups in total. The van der Waals surface area contributed by atoms with Gasteiger partial charge in [-0.1, -0.05) is 26.8 Å². The molecule has 0 aliphatic heterocycles. The van der Waals surface area contributed by atoms with Crippen LogP contribution in [-0.4, -0.2) is 30.5 Å². The lowest BCUT2D eigenvalue weighted by atomic mass is 9.96. The number of pyridine rings is 1. The third kappa shape index (κ3) is 4.62. The van der Waals surface area contributed by atoms with E-state index in [0.717, 1.165) is 18.9 Å². The number of rotatable bonds is 4. The van der Waals surface area contributed by atoms with Crippen LogP contribution in [-0.2, 0) is 6.54 Å². The maximum Gasteiger partial charge on any atom is 0.125 e. The summed E-state index contributed by atoms with van der Waals surface area (Å²) in [5.74, 6) is 0.919. The Morgan fingerprint density at radius 3 is 2.44 bits per heavy atom. The zero-order valence-corrected chi connectivity index (χ0v) is 11.0. The largest absolute Gasteiger partial charge is 0.373 e. The summed E-state index contributed by atoms with van der Waals surface area (Å²) in [5, 5.41) is 3.02. The van der Waals surface area contributed by atoms with Crippen molar-refractivity contribution in [1.82, 2.24) is 9.88 Å². The molecule has 3 heteroatoms. The van der Waals surface area contributed by atoms with Crippen LogP contribution in [0.3, 0.4) is 0 Å². The van der Waals surface area contributed by atoms with Gasteiger partial charge in [0.1, 0.15) is 5.82 Å². The summed E-state index contributed by atoms with van der Waals surface area (Å²) in [7, 11) is 4.03. The highest BCUT2D eigenvalue weighted by atomic mass is 15.1. The van der Waals surface area contributed by atoms with Crippen molar-refractivity contribution in [2.45, 2.75) is 27.3 Å². The molecule has 90 valence electrons. The lowest BCUT2D eigenvalue weighted by molar-refractivity contribution is 0.220. The van der Waals surface area contributed by atoms with E-state index in [4.69, 9.17) is 0 Å².